The standard InChI is InChI=1S/C21H22F2N4O4S/c1-2-30-17-11-14(3-4-16(17)31-20(22)23)19(29)26-7-5-25(6-8-26)13-15-12-18(28)27-9-10-32-21(27)24-15/h3-4,9-12,20H,2,5-8,13H2,1H3. The number of carbonyl (C=O) groups excluding carboxylic acids is 1. The number of thiazole rings is 1. The molecule has 4 rings (SSSR count). The Hall–Kier alpha value is -3.05. The van der Waals surface area contributed by atoms with E-state index < -0.39 is 6.61 Å². The lowest BCUT2D eigenvalue weighted by Crippen LogP contribution is -2.48. The molecular weight excluding hydrogens is 442 g/mol. The third kappa shape index (κ3) is 4.89. The molecule has 1 aromatic carbocycles. The van der Waals surface area contributed by atoms with E-state index in [2.05, 4.69) is 14.6 Å². The van der Waals surface area contributed by atoms with Gasteiger partial charge in [-0.05, 0) is 25.1 Å². The van der Waals surface area contributed by atoms with Crippen LogP contribution < -0.4 is 15.0 Å². The number of piperazine rings is 1. The number of amides is 1. The highest BCUT2D eigenvalue weighted by molar-refractivity contribution is 7.15. The van der Waals surface area contributed by atoms with Crippen molar-refractivity contribution in [2.24, 2.45) is 0 Å². The second-order valence-corrected chi connectivity index (χ2v) is 8.06. The number of fused-ring (bicyclic) bond motifs is 1. The van der Waals surface area contributed by atoms with E-state index in [9.17, 15) is 18.4 Å². The largest absolute Gasteiger partial charge is 0.490 e. The van der Waals surface area contributed by atoms with Gasteiger partial charge in [0.15, 0.2) is 16.5 Å². The van der Waals surface area contributed by atoms with Crippen LogP contribution in [0.4, 0.5) is 8.78 Å². The molecule has 0 N–H and O–H groups in total. The minimum atomic E-state index is -2.98. The van der Waals surface area contributed by atoms with Crippen molar-refractivity contribution in [1.82, 2.24) is 19.2 Å². The maximum atomic E-state index is 12.9. The number of hydrogen-bond donors (Lipinski definition) is 0. The molecule has 1 saturated heterocycles. The lowest BCUT2D eigenvalue weighted by Gasteiger charge is -2.34. The van der Waals surface area contributed by atoms with E-state index in [-0.39, 0.29) is 29.6 Å². The van der Waals surface area contributed by atoms with Crippen molar-refractivity contribution >= 4 is 22.2 Å². The molecule has 1 amide bonds. The van der Waals surface area contributed by atoms with Crippen molar-refractivity contribution in [2.75, 3.05) is 32.8 Å². The van der Waals surface area contributed by atoms with E-state index >= 15 is 0 Å². The van der Waals surface area contributed by atoms with Gasteiger partial charge in [0.05, 0.1) is 12.3 Å². The molecule has 0 bridgehead atoms. The molecule has 0 radical (unpaired) electrons. The molecule has 170 valence electrons. The molecule has 1 aliphatic rings. The number of rotatable bonds is 7. The highest BCUT2D eigenvalue weighted by Crippen LogP contribution is 2.30. The van der Waals surface area contributed by atoms with E-state index in [4.69, 9.17) is 4.74 Å². The molecule has 3 heterocycles. The summed E-state index contributed by atoms with van der Waals surface area (Å²) in [6, 6.07) is 5.76. The average Bonchev–Trinajstić information content (AvgIpc) is 3.24. The summed E-state index contributed by atoms with van der Waals surface area (Å²) in [7, 11) is 0. The monoisotopic (exact) mass is 464 g/mol. The molecular formula is C21H22F2N4O4S. The average molecular weight is 464 g/mol. The van der Waals surface area contributed by atoms with Crippen LogP contribution in [-0.2, 0) is 6.54 Å². The van der Waals surface area contributed by atoms with E-state index in [1.54, 1.807) is 18.0 Å². The van der Waals surface area contributed by atoms with Gasteiger partial charge < -0.3 is 14.4 Å². The number of halogens is 2. The second-order valence-electron chi connectivity index (χ2n) is 7.18. The zero-order chi connectivity index (χ0) is 22.7. The van der Waals surface area contributed by atoms with Crippen molar-refractivity contribution in [2.45, 2.75) is 20.1 Å². The molecule has 1 aliphatic heterocycles. The van der Waals surface area contributed by atoms with Crippen molar-refractivity contribution in [1.29, 1.82) is 0 Å². The number of hydrogen-bond acceptors (Lipinski definition) is 7. The predicted molar refractivity (Wildman–Crippen MR) is 115 cm³/mol. The Morgan fingerprint density at radius 3 is 2.69 bits per heavy atom. The SMILES string of the molecule is CCOc1cc(C(=O)N2CCN(Cc3cc(=O)n4ccsc4n3)CC2)ccc1OC(F)F. The summed E-state index contributed by atoms with van der Waals surface area (Å²) in [6.07, 6.45) is 1.70. The molecule has 0 spiro atoms. The van der Waals surface area contributed by atoms with Crippen LogP contribution in [0.2, 0.25) is 0 Å². The Balaban J connectivity index is 1.39. The maximum Gasteiger partial charge on any atom is 0.387 e. The first-order valence-electron chi connectivity index (χ1n) is 10.1. The third-order valence-electron chi connectivity index (χ3n) is 5.11. The Kier molecular flexibility index (Phi) is 6.66. The number of nitrogens with zero attached hydrogens (tertiary/aromatic N) is 4. The summed E-state index contributed by atoms with van der Waals surface area (Å²) in [5.74, 6) is -0.196. The van der Waals surface area contributed by atoms with E-state index in [0.717, 1.165) is 0 Å². The van der Waals surface area contributed by atoms with Gasteiger partial charge in [-0.3, -0.25) is 18.9 Å². The van der Waals surface area contributed by atoms with Gasteiger partial charge in [-0.2, -0.15) is 8.78 Å². The predicted octanol–water partition coefficient (Wildman–Crippen LogP) is 2.71. The minimum absolute atomic E-state index is 0.102. The first-order valence-corrected chi connectivity index (χ1v) is 11.0. The van der Waals surface area contributed by atoms with E-state index in [1.807, 2.05) is 5.38 Å². The summed E-state index contributed by atoms with van der Waals surface area (Å²) < 4.78 is 36.5. The smallest absolute Gasteiger partial charge is 0.387 e. The molecule has 0 atom stereocenters. The minimum Gasteiger partial charge on any atom is -0.490 e. The molecule has 3 aromatic rings. The van der Waals surface area contributed by atoms with Crippen molar-refractivity contribution < 1.29 is 23.0 Å². The molecule has 0 aliphatic carbocycles. The zero-order valence-corrected chi connectivity index (χ0v) is 18.2. The Bertz CT molecular complexity index is 1160. The zero-order valence-electron chi connectivity index (χ0n) is 17.4. The first-order chi connectivity index (χ1) is 15.4. The fraction of sp³-hybridized carbons (Fsp3) is 0.381. The van der Waals surface area contributed by atoms with E-state index in [0.29, 0.717) is 48.9 Å². The van der Waals surface area contributed by atoms with E-state index in [1.165, 1.54) is 40.0 Å². The van der Waals surface area contributed by atoms with Crippen molar-refractivity contribution in [3.05, 3.63) is 57.5 Å². The fourth-order valence-electron chi connectivity index (χ4n) is 3.59. The van der Waals surface area contributed by atoms with Gasteiger partial charge in [-0.15, -0.1) is 11.3 Å². The highest BCUT2D eigenvalue weighted by atomic mass is 32.1. The maximum absolute atomic E-state index is 12.9. The number of ether oxygens (including phenoxy) is 2. The van der Waals surface area contributed by atoms with Gasteiger partial charge in [0.1, 0.15) is 0 Å². The number of carbonyl (C=O) groups is 1. The van der Waals surface area contributed by atoms with Crippen LogP contribution in [0.1, 0.15) is 23.0 Å². The van der Waals surface area contributed by atoms with Crippen LogP contribution in [0.3, 0.4) is 0 Å². The van der Waals surface area contributed by atoms with Crippen LogP contribution in [0.5, 0.6) is 11.5 Å². The van der Waals surface area contributed by atoms with Gasteiger partial charge in [0.2, 0.25) is 0 Å². The summed E-state index contributed by atoms with van der Waals surface area (Å²) >= 11 is 1.41. The molecule has 0 unspecified atom stereocenters. The summed E-state index contributed by atoms with van der Waals surface area (Å²) in [6.45, 7) is 1.78. The quantitative estimate of drug-likeness (QED) is 0.535. The van der Waals surface area contributed by atoms with Gasteiger partial charge in [-0.25, -0.2) is 4.98 Å². The molecule has 1 fully saturated rings. The Morgan fingerprint density at radius 1 is 1.19 bits per heavy atom. The normalized spacial score (nSPS) is 14.8. The summed E-state index contributed by atoms with van der Waals surface area (Å²) in [5, 5.41) is 1.82. The molecule has 11 heteroatoms. The van der Waals surface area contributed by atoms with Gasteiger partial charge in [0.25, 0.3) is 11.5 Å². The Labute approximate surface area is 186 Å². The Morgan fingerprint density at radius 2 is 1.97 bits per heavy atom. The first kappa shape index (κ1) is 22.2. The van der Waals surface area contributed by atoms with Gasteiger partial charge in [0, 0.05) is 55.9 Å². The summed E-state index contributed by atoms with van der Waals surface area (Å²) in [4.78, 5) is 34.1. The third-order valence-corrected chi connectivity index (χ3v) is 5.86. The highest BCUT2D eigenvalue weighted by Gasteiger charge is 2.24. The molecule has 32 heavy (non-hydrogen) atoms. The summed E-state index contributed by atoms with van der Waals surface area (Å²) in [5.41, 5.74) is 0.944. The second kappa shape index (κ2) is 9.61. The van der Waals surface area contributed by atoms with Crippen LogP contribution in [-0.4, -0.2) is 64.5 Å². The van der Waals surface area contributed by atoms with Crippen LogP contribution in [0.25, 0.3) is 4.96 Å². The lowest BCUT2D eigenvalue weighted by molar-refractivity contribution is -0.0514. The van der Waals surface area contributed by atoms with Gasteiger partial charge in [-0.1, -0.05) is 0 Å². The van der Waals surface area contributed by atoms with Crippen LogP contribution >= 0.6 is 11.3 Å². The molecule has 2 aromatic heterocycles. The van der Waals surface area contributed by atoms with Crippen molar-refractivity contribution in [3.63, 3.8) is 0 Å². The topological polar surface area (TPSA) is 76.4 Å². The fourth-order valence-corrected chi connectivity index (χ4v) is 4.33. The van der Waals surface area contributed by atoms with Crippen LogP contribution in [0, 0.1) is 0 Å². The molecule has 8 nitrogen and oxygen atoms in total. The number of alkyl halides is 2. The number of aromatic nitrogens is 2. The van der Waals surface area contributed by atoms with Gasteiger partial charge >= 0.3 is 6.61 Å². The van der Waals surface area contributed by atoms with Crippen molar-refractivity contribution in [3.8, 4) is 11.5 Å². The van der Waals surface area contributed by atoms with Crippen LogP contribution in [0.15, 0.2) is 40.6 Å². The lowest BCUT2D eigenvalue weighted by atomic mass is 10.1. The molecule has 0 saturated carbocycles. The number of benzene rings is 1.